The van der Waals surface area contributed by atoms with Crippen molar-refractivity contribution in [2.75, 3.05) is 13.1 Å². The number of rotatable bonds is 4. The SMILES string of the molecule is O=C(Cn1cnc2c(nnn2Cc2ccccc2F)c1=O)N1CCCCC1. The van der Waals surface area contributed by atoms with Crippen LogP contribution in [-0.4, -0.2) is 48.4 Å². The van der Waals surface area contributed by atoms with Crippen molar-refractivity contribution in [2.45, 2.75) is 32.4 Å². The van der Waals surface area contributed by atoms with E-state index in [0.717, 1.165) is 32.4 Å². The molecule has 1 aromatic carbocycles. The largest absolute Gasteiger partial charge is 0.341 e. The van der Waals surface area contributed by atoms with E-state index in [4.69, 9.17) is 0 Å². The van der Waals surface area contributed by atoms with E-state index in [1.807, 2.05) is 0 Å². The highest BCUT2D eigenvalue weighted by molar-refractivity contribution is 5.76. The highest BCUT2D eigenvalue weighted by Crippen LogP contribution is 2.12. The summed E-state index contributed by atoms with van der Waals surface area (Å²) in [7, 11) is 0. The lowest BCUT2D eigenvalue weighted by atomic mass is 10.1. The average Bonchev–Trinajstić information content (AvgIpc) is 3.10. The van der Waals surface area contributed by atoms with Crippen LogP contribution in [0, 0.1) is 5.82 Å². The summed E-state index contributed by atoms with van der Waals surface area (Å²) in [5, 5.41) is 7.83. The maximum absolute atomic E-state index is 13.9. The van der Waals surface area contributed by atoms with Gasteiger partial charge < -0.3 is 4.90 Å². The number of benzene rings is 1. The number of halogens is 1. The first kappa shape index (κ1) is 17.3. The Morgan fingerprint density at radius 3 is 2.70 bits per heavy atom. The molecule has 0 aliphatic carbocycles. The minimum atomic E-state index is -0.426. The van der Waals surface area contributed by atoms with Gasteiger partial charge in [0.05, 0.1) is 6.54 Å². The van der Waals surface area contributed by atoms with Gasteiger partial charge in [0.15, 0.2) is 11.2 Å². The molecule has 1 saturated heterocycles. The van der Waals surface area contributed by atoms with Crippen LogP contribution >= 0.6 is 0 Å². The van der Waals surface area contributed by atoms with Gasteiger partial charge in [0.25, 0.3) is 5.56 Å². The van der Waals surface area contributed by atoms with Crippen molar-refractivity contribution in [2.24, 2.45) is 0 Å². The molecule has 27 heavy (non-hydrogen) atoms. The van der Waals surface area contributed by atoms with Gasteiger partial charge in [-0.2, -0.15) is 0 Å². The van der Waals surface area contributed by atoms with Gasteiger partial charge in [-0.25, -0.2) is 14.1 Å². The zero-order chi connectivity index (χ0) is 18.8. The number of carbonyl (C=O) groups excluding carboxylic acids is 1. The normalized spacial score (nSPS) is 14.6. The van der Waals surface area contributed by atoms with Crippen LogP contribution in [0.5, 0.6) is 0 Å². The molecule has 0 radical (unpaired) electrons. The van der Waals surface area contributed by atoms with E-state index in [1.54, 1.807) is 23.1 Å². The maximum atomic E-state index is 13.9. The molecule has 9 heteroatoms. The minimum Gasteiger partial charge on any atom is -0.341 e. The number of hydrogen-bond acceptors (Lipinski definition) is 5. The highest BCUT2D eigenvalue weighted by atomic mass is 19.1. The van der Waals surface area contributed by atoms with Crippen LogP contribution in [-0.2, 0) is 17.9 Å². The van der Waals surface area contributed by atoms with Crippen LogP contribution in [0.4, 0.5) is 4.39 Å². The molecule has 1 amide bonds. The van der Waals surface area contributed by atoms with Crippen LogP contribution in [0.3, 0.4) is 0 Å². The van der Waals surface area contributed by atoms with Gasteiger partial charge in [-0.05, 0) is 25.3 Å². The van der Waals surface area contributed by atoms with Crippen LogP contribution in [0.1, 0.15) is 24.8 Å². The van der Waals surface area contributed by atoms with Gasteiger partial charge in [0.2, 0.25) is 5.91 Å². The van der Waals surface area contributed by atoms with Gasteiger partial charge in [-0.1, -0.05) is 23.4 Å². The summed E-state index contributed by atoms with van der Waals surface area (Å²) in [6.07, 6.45) is 4.43. The van der Waals surface area contributed by atoms with Crippen LogP contribution in [0.15, 0.2) is 35.4 Å². The molecule has 1 aliphatic rings. The summed E-state index contributed by atoms with van der Waals surface area (Å²) in [6.45, 7) is 1.50. The quantitative estimate of drug-likeness (QED) is 0.689. The second-order valence-electron chi connectivity index (χ2n) is 6.63. The van der Waals surface area contributed by atoms with Gasteiger partial charge >= 0.3 is 0 Å². The second-order valence-corrected chi connectivity index (χ2v) is 6.63. The van der Waals surface area contributed by atoms with Crippen molar-refractivity contribution < 1.29 is 9.18 Å². The Balaban J connectivity index is 1.59. The molecule has 4 rings (SSSR count). The standard InChI is InChI=1S/C18H19FN6O2/c19-14-7-3-2-6-13(14)10-25-17-16(21-22-25)18(27)24(12-20-17)11-15(26)23-8-4-1-5-9-23/h2-3,6-7,12H,1,4-5,8-11H2. The Bertz CT molecular complexity index is 1040. The Hall–Kier alpha value is -3.10. The minimum absolute atomic E-state index is 0.0675. The van der Waals surface area contributed by atoms with Gasteiger partial charge in [0, 0.05) is 18.7 Å². The summed E-state index contributed by atoms with van der Waals surface area (Å²) >= 11 is 0. The number of piperidine rings is 1. The number of aromatic nitrogens is 5. The van der Waals surface area contributed by atoms with E-state index in [1.165, 1.54) is 21.6 Å². The van der Waals surface area contributed by atoms with Crippen LogP contribution in [0.2, 0.25) is 0 Å². The maximum Gasteiger partial charge on any atom is 0.283 e. The molecule has 0 spiro atoms. The van der Waals surface area contributed by atoms with Crippen molar-refractivity contribution in [1.82, 2.24) is 29.4 Å². The predicted octanol–water partition coefficient (Wildman–Crippen LogP) is 1.19. The third-order valence-electron chi connectivity index (χ3n) is 4.78. The molecule has 0 bridgehead atoms. The summed E-state index contributed by atoms with van der Waals surface area (Å²) in [5.41, 5.74) is 0.339. The Morgan fingerprint density at radius 1 is 1.15 bits per heavy atom. The predicted molar refractivity (Wildman–Crippen MR) is 95.5 cm³/mol. The summed E-state index contributed by atoms with van der Waals surface area (Å²) < 4.78 is 16.5. The van der Waals surface area contributed by atoms with Crippen molar-refractivity contribution in [3.63, 3.8) is 0 Å². The third-order valence-corrected chi connectivity index (χ3v) is 4.78. The number of amides is 1. The monoisotopic (exact) mass is 370 g/mol. The third kappa shape index (κ3) is 3.44. The molecule has 0 saturated carbocycles. The molecule has 0 N–H and O–H groups in total. The number of likely N-dealkylation sites (tertiary alicyclic amines) is 1. The van der Waals surface area contributed by atoms with Crippen molar-refractivity contribution in [1.29, 1.82) is 0 Å². The summed E-state index contributed by atoms with van der Waals surface area (Å²) in [4.78, 5) is 31.0. The second kappa shape index (κ2) is 7.26. The van der Waals surface area contributed by atoms with Crippen molar-refractivity contribution in [3.05, 3.63) is 52.3 Å². The van der Waals surface area contributed by atoms with Crippen LogP contribution < -0.4 is 5.56 Å². The molecule has 1 fully saturated rings. The molecule has 3 heterocycles. The first-order valence-corrected chi connectivity index (χ1v) is 8.93. The molecule has 2 aromatic heterocycles. The van der Waals surface area contributed by atoms with E-state index < -0.39 is 5.56 Å². The molecule has 140 valence electrons. The number of fused-ring (bicyclic) bond motifs is 1. The topological polar surface area (TPSA) is 85.9 Å². The number of hydrogen-bond donors (Lipinski definition) is 0. The first-order chi connectivity index (χ1) is 13.1. The molecule has 3 aromatic rings. The molecule has 0 unspecified atom stereocenters. The Kier molecular flexibility index (Phi) is 4.66. The van der Waals surface area contributed by atoms with E-state index >= 15 is 0 Å². The smallest absolute Gasteiger partial charge is 0.283 e. The lowest BCUT2D eigenvalue weighted by molar-refractivity contribution is -0.132. The zero-order valence-corrected chi connectivity index (χ0v) is 14.7. The van der Waals surface area contributed by atoms with Gasteiger partial charge in [-0.3, -0.25) is 14.2 Å². The Morgan fingerprint density at radius 2 is 1.93 bits per heavy atom. The van der Waals surface area contributed by atoms with E-state index in [2.05, 4.69) is 15.3 Å². The van der Waals surface area contributed by atoms with Gasteiger partial charge in [0.1, 0.15) is 18.7 Å². The highest BCUT2D eigenvalue weighted by Gasteiger charge is 2.19. The van der Waals surface area contributed by atoms with Crippen molar-refractivity contribution >= 4 is 17.1 Å². The number of nitrogens with zero attached hydrogens (tertiary/aromatic N) is 6. The molecular formula is C18H19FN6O2. The summed E-state index contributed by atoms with van der Waals surface area (Å²) in [5.74, 6) is -0.460. The number of carbonyl (C=O) groups is 1. The lowest BCUT2D eigenvalue weighted by Crippen LogP contribution is -2.39. The molecule has 1 aliphatic heterocycles. The molecule has 0 atom stereocenters. The fourth-order valence-corrected chi connectivity index (χ4v) is 3.28. The first-order valence-electron chi connectivity index (χ1n) is 8.93. The van der Waals surface area contributed by atoms with E-state index in [9.17, 15) is 14.0 Å². The molecular weight excluding hydrogens is 351 g/mol. The van der Waals surface area contributed by atoms with Gasteiger partial charge in [-0.15, -0.1) is 5.10 Å². The van der Waals surface area contributed by atoms with E-state index in [-0.39, 0.29) is 36.0 Å². The average molecular weight is 370 g/mol. The molecule has 8 nitrogen and oxygen atoms in total. The Labute approximate surface area is 154 Å². The van der Waals surface area contributed by atoms with Crippen LogP contribution in [0.25, 0.3) is 11.2 Å². The fraction of sp³-hybridized carbons (Fsp3) is 0.389. The van der Waals surface area contributed by atoms with Crippen molar-refractivity contribution in [3.8, 4) is 0 Å². The fourth-order valence-electron chi connectivity index (χ4n) is 3.28. The lowest BCUT2D eigenvalue weighted by Gasteiger charge is -2.26. The zero-order valence-electron chi connectivity index (χ0n) is 14.7. The van der Waals surface area contributed by atoms with E-state index in [0.29, 0.717) is 5.56 Å². The summed E-state index contributed by atoms with van der Waals surface area (Å²) in [6, 6.07) is 6.33.